The SMILES string of the molecule is CCOC(=O)C1=C(C)N=c2s/c(=C/c3cc4c(cc3Cl)OCO4)c(=O)n2[C@H]1c1ccc(Br)cc1. The van der Waals surface area contributed by atoms with Gasteiger partial charge in [-0.3, -0.25) is 9.36 Å². The molecule has 2 aliphatic rings. The number of halogens is 2. The van der Waals surface area contributed by atoms with Gasteiger partial charge in [0.25, 0.3) is 5.56 Å². The van der Waals surface area contributed by atoms with Crippen LogP contribution in [0.2, 0.25) is 5.02 Å². The molecule has 7 nitrogen and oxygen atoms in total. The van der Waals surface area contributed by atoms with E-state index < -0.39 is 12.0 Å². The topological polar surface area (TPSA) is 79.1 Å². The predicted octanol–water partition coefficient (Wildman–Crippen LogP) is 3.94. The Morgan fingerprint density at radius 1 is 1.29 bits per heavy atom. The summed E-state index contributed by atoms with van der Waals surface area (Å²) in [7, 11) is 0. The van der Waals surface area contributed by atoms with Crippen LogP contribution in [0.5, 0.6) is 11.5 Å². The Labute approximate surface area is 211 Å². The average Bonchev–Trinajstić information content (AvgIpc) is 3.37. The highest BCUT2D eigenvalue weighted by Crippen LogP contribution is 2.37. The Morgan fingerprint density at radius 3 is 2.71 bits per heavy atom. The molecule has 3 aromatic rings. The van der Waals surface area contributed by atoms with E-state index in [0.29, 0.717) is 42.7 Å². The number of esters is 1. The van der Waals surface area contributed by atoms with Crippen molar-refractivity contribution in [2.75, 3.05) is 13.4 Å². The summed E-state index contributed by atoms with van der Waals surface area (Å²) in [6, 6.07) is 10.2. The van der Waals surface area contributed by atoms with Gasteiger partial charge in [0.2, 0.25) is 6.79 Å². The smallest absolute Gasteiger partial charge is 0.338 e. The Bertz CT molecular complexity index is 1520. The minimum absolute atomic E-state index is 0.125. The lowest BCUT2D eigenvalue weighted by molar-refractivity contribution is -0.139. The maximum absolute atomic E-state index is 13.6. The maximum Gasteiger partial charge on any atom is 0.338 e. The number of aromatic nitrogens is 1. The van der Waals surface area contributed by atoms with Crippen molar-refractivity contribution in [3.8, 4) is 11.5 Å². The van der Waals surface area contributed by atoms with Crippen LogP contribution < -0.4 is 24.4 Å². The van der Waals surface area contributed by atoms with Gasteiger partial charge >= 0.3 is 5.97 Å². The molecule has 10 heteroatoms. The fourth-order valence-electron chi connectivity index (χ4n) is 3.94. The van der Waals surface area contributed by atoms with Crippen LogP contribution in [-0.2, 0) is 9.53 Å². The summed E-state index contributed by atoms with van der Waals surface area (Å²) in [6.07, 6.45) is 1.70. The molecule has 0 N–H and O–H groups in total. The van der Waals surface area contributed by atoms with E-state index in [9.17, 15) is 9.59 Å². The first-order chi connectivity index (χ1) is 16.4. The number of carbonyl (C=O) groups excluding carboxylic acids is 1. The second-order valence-corrected chi connectivity index (χ2v) is 9.91. The fourth-order valence-corrected chi connectivity index (χ4v) is 5.45. The highest BCUT2D eigenvalue weighted by Gasteiger charge is 2.33. The molecule has 174 valence electrons. The lowest BCUT2D eigenvalue weighted by Crippen LogP contribution is -2.39. The van der Waals surface area contributed by atoms with Gasteiger partial charge in [0.15, 0.2) is 16.3 Å². The van der Waals surface area contributed by atoms with Gasteiger partial charge in [0.05, 0.1) is 33.5 Å². The average molecular weight is 562 g/mol. The number of rotatable bonds is 4. The number of nitrogens with zero attached hydrogens (tertiary/aromatic N) is 2. The van der Waals surface area contributed by atoms with Gasteiger partial charge in [0.1, 0.15) is 0 Å². The molecule has 34 heavy (non-hydrogen) atoms. The molecule has 0 amide bonds. The van der Waals surface area contributed by atoms with Crippen molar-refractivity contribution in [3.05, 3.63) is 88.0 Å². The highest BCUT2D eigenvalue weighted by molar-refractivity contribution is 9.10. The minimum atomic E-state index is -0.669. The number of thiazole rings is 1. The molecule has 5 rings (SSSR count). The van der Waals surface area contributed by atoms with Crippen LogP contribution in [0.25, 0.3) is 6.08 Å². The Morgan fingerprint density at radius 2 is 2.00 bits per heavy atom. The highest BCUT2D eigenvalue weighted by atomic mass is 79.9. The molecule has 1 atom stereocenters. The third-order valence-corrected chi connectivity index (χ3v) is 7.32. The zero-order valence-corrected chi connectivity index (χ0v) is 21.3. The third-order valence-electron chi connectivity index (χ3n) is 5.48. The van der Waals surface area contributed by atoms with Crippen LogP contribution in [0.15, 0.2) is 61.9 Å². The van der Waals surface area contributed by atoms with Crippen molar-refractivity contribution in [3.63, 3.8) is 0 Å². The van der Waals surface area contributed by atoms with Crippen LogP contribution in [0.3, 0.4) is 0 Å². The summed E-state index contributed by atoms with van der Waals surface area (Å²) in [6.45, 7) is 3.84. The molecule has 2 aromatic carbocycles. The van der Waals surface area contributed by atoms with E-state index in [2.05, 4.69) is 20.9 Å². The second kappa shape index (κ2) is 9.05. The number of carbonyl (C=O) groups is 1. The van der Waals surface area contributed by atoms with Crippen LogP contribution in [0.1, 0.15) is 31.0 Å². The van der Waals surface area contributed by atoms with E-state index in [-0.39, 0.29) is 19.0 Å². The van der Waals surface area contributed by atoms with E-state index in [1.165, 1.54) is 11.3 Å². The third kappa shape index (κ3) is 3.97. The van der Waals surface area contributed by atoms with Gasteiger partial charge in [-0.05, 0) is 49.2 Å². The number of fused-ring (bicyclic) bond motifs is 2. The van der Waals surface area contributed by atoms with Gasteiger partial charge in [0, 0.05) is 10.5 Å². The first-order valence-corrected chi connectivity index (χ1v) is 12.4. The normalized spacial score (nSPS) is 16.9. The first kappa shape index (κ1) is 22.9. The van der Waals surface area contributed by atoms with Crippen LogP contribution in [-0.4, -0.2) is 23.9 Å². The number of benzene rings is 2. The second-order valence-electron chi connectivity index (χ2n) is 7.58. The number of hydrogen-bond acceptors (Lipinski definition) is 7. The summed E-state index contributed by atoms with van der Waals surface area (Å²) >= 11 is 11.1. The van der Waals surface area contributed by atoms with Crippen molar-refractivity contribution in [2.24, 2.45) is 4.99 Å². The summed E-state index contributed by atoms with van der Waals surface area (Å²) in [5.74, 6) is 0.634. The Balaban J connectivity index is 1.71. The van der Waals surface area contributed by atoms with Crippen molar-refractivity contribution in [1.82, 2.24) is 4.57 Å². The largest absolute Gasteiger partial charge is 0.463 e. The summed E-state index contributed by atoms with van der Waals surface area (Å²) in [4.78, 5) is 31.6. The quantitative estimate of drug-likeness (QED) is 0.451. The predicted molar refractivity (Wildman–Crippen MR) is 132 cm³/mol. The first-order valence-electron chi connectivity index (χ1n) is 10.4. The summed E-state index contributed by atoms with van der Waals surface area (Å²) in [5.41, 5.74) is 1.97. The molecule has 0 unspecified atom stereocenters. The molecule has 0 radical (unpaired) electrons. The van der Waals surface area contributed by atoms with Crippen molar-refractivity contribution in [1.29, 1.82) is 0 Å². The molecule has 1 aromatic heterocycles. The Kier molecular flexibility index (Phi) is 6.09. The fraction of sp³-hybridized carbons (Fsp3) is 0.208. The molecule has 3 heterocycles. The molecule has 0 saturated heterocycles. The maximum atomic E-state index is 13.6. The van der Waals surface area contributed by atoms with Crippen molar-refractivity contribution >= 4 is 50.9 Å². The van der Waals surface area contributed by atoms with Gasteiger partial charge < -0.3 is 14.2 Å². The van der Waals surface area contributed by atoms with Crippen LogP contribution in [0, 0.1) is 0 Å². The summed E-state index contributed by atoms with van der Waals surface area (Å²) < 4.78 is 19.0. The van der Waals surface area contributed by atoms with Crippen molar-refractivity contribution < 1.29 is 19.0 Å². The Hall–Kier alpha value is -2.88. The minimum Gasteiger partial charge on any atom is -0.463 e. The molecule has 0 bridgehead atoms. The van der Waals surface area contributed by atoms with Gasteiger partial charge in [-0.2, -0.15) is 0 Å². The molecule has 0 saturated carbocycles. The van der Waals surface area contributed by atoms with E-state index in [4.69, 9.17) is 25.8 Å². The number of hydrogen-bond donors (Lipinski definition) is 0. The van der Waals surface area contributed by atoms with Crippen molar-refractivity contribution in [2.45, 2.75) is 19.9 Å². The lowest BCUT2D eigenvalue weighted by atomic mass is 9.96. The zero-order chi connectivity index (χ0) is 24.0. The van der Waals surface area contributed by atoms with Crippen LogP contribution >= 0.6 is 38.9 Å². The number of ether oxygens (including phenoxy) is 3. The molecular weight excluding hydrogens is 544 g/mol. The van der Waals surface area contributed by atoms with E-state index in [1.807, 2.05) is 24.3 Å². The monoisotopic (exact) mass is 560 g/mol. The molecule has 0 fully saturated rings. The zero-order valence-electron chi connectivity index (χ0n) is 18.1. The lowest BCUT2D eigenvalue weighted by Gasteiger charge is -2.24. The van der Waals surface area contributed by atoms with E-state index >= 15 is 0 Å². The van der Waals surface area contributed by atoms with Gasteiger partial charge in [-0.15, -0.1) is 0 Å². The van der Waals surface area contributed by atoms with Gasteiger partial charge in [-0.25, -0.2) is 9.79 Å². The van der Waals surface area contributed by atoms with Crippen LogP contribution in [0.4, 0.5) is 0 Å². The summed E-state index contributed by atoms with van der Waals surface area (Å²) in [5, 5.41) is 0.433. The molecule has 0 spiro atoms. The van der Waals surface area contributed by atoms with E-state index in [1.54, 1.807) is 36.6 Å². The van der Waals surface area contributed by atoms with E-state index in [0.717, 1.165) is 10.0 Å². The molecule has 0 aliphatic carbocycles. The molecular formula is C24H18BrClN2O5S. The van der Waals surface area contributed by atoms with Gasteiger partial charge in [-0.1, -0.05) is 51.0 Å². The molecule has 2 aliphatic heterocycles. The standard InChI is InChI=1S/C24H18BrClN2O5S/c1-3-31-23(30)20-12(2)27-24-28(21(20)13-4-6-15(25)7-5-13)22(29)19(34-24)9-14-8-17-18(10-16(14)26)33-11-32-17/h4-10,21H,3,11H2,1-2H3/b19-9+/t21-/m0/s1. The number of allylic oxidation sites excluding steroid dienone is 1.